The van der Waals surface area contributed by atoms with Crippen molar-refractivity contribution in [2.45, 2.75) is 39.7 Å². The molecular weight excluding hydrogens is 238 g/mol. The molecule has 1 aliphatic heterocycles. The number of nitrogens with one attached hydrogen (secondary N) is 1. The Labute approximate surface area is 114 Å². The van der Waals surface area contributed by atoms with Crippen molar-refractivity contribution in [2.24, 2.45) is 5.92 Å². The van der Waals surface area contributed by atoms with Gasteiger partial charge in [-0.15, -0.1) is 0 Å². The third-order valence-corrected chi connectivity index (χ3v) is 3.19. The van der Waals surface area contributed by atoms with E-state index < -0.39 is 0 Å². The summed E-state index contributed by atoms with van der Waals surface area (Å²) >= 11 is 0. The zero-order chi connectivity index (χ0) is 13.8. The topological polar surface area (TPSA) is 64.8 Å². The maximum absolute atomic E-state index is 9.06. The average Bonchev–Trinajstić information content (AvgIpc) is 2.37. The quantitative estimate of drug-likeness (QED) is 0.902. The van der Waals surface area contributed by atoms with E-state index in [0.29, 0.717) is 6.04 Å². The second kappa shape index (κ2) is 5.87. The van der Waals surface area contributed by atoms with Crippen LogP contribution in [-0.4, -0.2) is 29.1 Å². The predicted molar refractivity (Wildman–Crippen MR) is 76.1 cm³/mol. The lowest BCUT2D eigenvalue weighted by Crippen LogP contribution is -2.35. The van der Waals surface area contributed by atoms with Crippen LogP contribution in [0.25, 0.3) is 0 Å². The van der Waals surface area contributed by atoms with Crippen LogP contribution in [-0.2, 0) is 0 Å². The molecule has 1 unspecified atom stereocenters. The van der Waals surface area contributed by atoms with Crippen molar-refractivity contribution in [3.05, 3.63) is 11.9 Å². The summed E-state index contributed by atoms with van der Waals surface area (Å²) < 4.78 is 0. The van der Waals surface area contributed by atoms with Crippen molar-refractivity contribution in [1.29, 1.82) is 5.26 Å². The first-order valence-electron chi connectivity index (χ1n) is 6.85. The van der Waals surface area contributed by atoms with Crippen LogP contribution in [0.5, 0.6) is 0 Å². The molecule has 102 valence electrons. The fourth-order valence-electron chi connectivity index (χ4n) is 2.37. The molecule has 0 bridgehead atoms. The van der Waals surface area contributed by atoms with Gasteiger partial charge in [-0.25, -0.2) is 9.97 Å². The molecule has 2 heterocycles. The average molecular weight is 259 g/mol. The zero-order valence-electron chi connectivity index (χ0n) is 11.8. The van der Waals surface area contributed by atoms with Gasteiger partial charge >= 0.3 is 0 Å². The van der Waals surface area contributed by atoms with Crippen molar-refractivity contribution >= 4 is 11.6 Å². The Morgan fingerprint density at radius 3 is 2.95 bits per heavy atom. The molecule has 1 aromatic rings. The molecule has 0 saturated carbocycles. The maximum atomic E-state index is 9.06. The molecule has 0 aliphatic carbocycles. The minimum absolute atomic E-state index is 0.116. The Kier molecular flexibility index (Phi) is 4.20. The number of anilines is 2. The summed E-state index contributed by atoms with van der Waals surface area (Å²) in [6, 6.07) is 4.69. The van der Waals surface area contributed by atoms with Crippen LogP contribution in [0, 0.1) is 24.2 Å². The largest absolute Gasteiger partial charge is 0.368 e. The van der Waals surface area contributed by atoms with Crippen LogP contribution < -0.4 is 10.2 Å². The standard InChI is InChI=1S/C14H21N5/c1-10(2)16-13-7-14(18-11(3)17-13)19-6-4-5-12(8-15)9-19/h7,10,12H,4-6,9H2,1-3H3,(H,16,17,18). The van der Waals surface area contributed by atoms with Gasteiger partial charge in [0, 0.05) is 25.2 Å². The molecule has 5 heteroatoms. The van der Waals surface area contributed by atoms with Gasteiger partial charge in [-0.05, 0) is 33.6 Å². The van der Waals surface area contributed by atoms with E-state index in [9.17, 15) is 0 Å². The van der Waals surface area contributed by atoms with Crippen LogP contribution in [0.1, 0.15) is 32.5 Å². The van der Waals surface area contributed by atoms with Gasteiger partial charge < -0.3 is 10.2 Å². The molecule has 1 aliphatic rings. The summed E-state index contributed by atoms with van der Waals surface area (Å²) in [5.41, 5.74) is 0. The molecule has 1 N–H and O–H groups in total. The molecule has 2 rings (SSSR count). The molecule has 0 spiro atoms. The molecule has 1 fully saturated rings. The monoisotopic (exact) mass is 259 g/mol. The lowest BCUT2D eigenvalue weighted by molar-refractivity contribution is 0.490. The first-order chi connectivity index (χ1) is 9.08. The van der Waals surface area contributed by atoms with Gasteiger partial charge in [0.25, 0.3) is 0 Å². The van der Waals surface area contributed by atoms with E-state index >= 15 is 0 Å². The molecule has 1 atom stereocenters. The fraction of sp³-hybridized carbons (Fsp3) is 0.643. The highest BCUT2D eigenvalue weighted by Crippen LogP contribution is 2.23. The number of hydrogen-bond donors (Lipinski definition) is 1. The maximum Gasteiger partial charge on any atom is 0.134 e. The Balaban J connectivity index is 2.19. The van der Waals surface area contributed by atoms with Crippen molar-refractivity contribution in [3.8, 4) is 6.07 Å². The van der Waals surface area contributed by atoms with E-state index in [1.165, 1.54) is 0 Å². The van der Waals surface area contributed by atoms with Gasteiger partial charge in [0.1, 0.15) is 17.5 Å². The van der Waals surface area contributed by atoms with Crippen molar-refractivity contribution in [1.82, 2.24) is 9.97 Å². The molecule has 0 radical (unpaired) electrons. The third kappa shape index (κ3) is 3.57. The SMILES string of the molecule is Cc1nc(NC(C)C)cc(N2CCCC(C#N)C2)n1. The van der Waals surface area contributed by atoms with Crippen LogP contribution in [0.2, 0.25) is 0 Å². The molecule has 0 aromatic carbocycles. The molecule has 1 saturated heterocycles. The van der Waals surface area contributed by atoms with Gasteiger partial charge in [-0.3, -0.25) is 0 Å². The van der Waals surface area contributed by atoms with E-state index in [1.54, 1.807) is 0 Å². The van der Waals surface area contributed by atoms with E-state index in [-0.39, 0.29) is 5.92 Å². The molecule has 5 nitrogen and oxygen atoms in total. The van der Waals surface area contributed by atoms with E-state index in [4.69, 9.17) is 5.26 Å². The number of piperidine rings is 1. The van der Waals surface area contributed by atoms with Crippen molar-refractivity contribution in [2.75, 3.05) is 23.3 Å². The lowest BCUT2D eigenvalue weighted by atomic mass is 10.00. The van der Waals surface area contributed by atoms with Crippen LogP contribution >= 0.6 is 0 Å². The van der Waals surface area contributed by atoms with Crippen LogP contribution in [0.15, 0.2) is 6.07 Å². The lowest BCUT2D eigenvalue weighted by Gasteiger charge is -2.30. The molecular formula is C14H21N5. The highest BCUT2D eigenvalue weighted by molar-refractivity contribution is 5.50. The zero-order valence-corrected chi connectivity index (χ0v) is 11.8. The Morgan fingerprint density at radius 2 is 2.26 bits per heavy atom. The fourth-order valence-corrected chi connectivity index (χ4v) is 2.37. The summed E-state index contributed by atoms with van der Waals surface area (Å²) in [5, 5.41) is 12.4. The number of aromatic nitrogens is 2. The number of nitrogens with zero attached hydrogens (tertiary/aromatic N) is 4. The summed E-state index contributed by atoms with van der Waals surface area (Å²) in [4.78, 5) is 11.1. The van der Waals surface area contributed by atoms with E-state index in [0.717, 1.165) is 43.4 Å². The van der Waals surface area contributed by atoms with Gasteiger partial charge in [-0.1, -0.05) is 0 Å². The smallest absolute Gasteiger partial charge is 0.134 e. The first-order valence-corrected chi connectivity index (χ1v) is 6.85. The summed E-state index contributed by atoms with van der Waals surface area (Å²) in [5.74, 6) is 2.66. The summed E-state index contributed by atoms with van der Waals surface area (Å²) in [7, 11) is 0. The summed E-state index contributed by atoms with van der Waals surface area (Å²) in [6.07, 6.45) is 2.04. The highest BCUT2D eigenvalue weighted by atomic mass is 15.2. The molecule has 19 heavy (non-hydrogen) atoms. The minimum Gasteiger partial charge on any atom is -0.368 e. The predicted octanol–water partition coefficient (Wildman–Crippen LogP) is 2.35. The normalized spacial score (nSPS) is 19.3. The Morgan fingerprint density at radius 1 is 1.47 bits per heavy atom. The number of hydrogen-bond acceptors (Lipinski definition) is 5. The third-order valence-electron chi connectivity index (χ3n) is 3.19. The van der Waals surface area contributed by atoms with Crippen molar-refractivity contribution in [3.63, 3.8) is 0 Å². The Bertz CT molecular complexity index is 477. The van der Waals surface area contributed by atoms with E-state index in [1.807, 2.05) is 13.0 Å². The van der Waals surface area contributed by atoms with Gasteiger partial charge in [0.05, 0.1) is 12.0 Å². The van der Waals surface area contributed by atoms with Gasteiger partial charge in [0.2, 0.25) is 0 Å². The van der Waals surface area contributed by atoms with Crippen LogP contribution in [0.3, 0.4) is 0 Å². The minimum atomic E-state index is 0.116. The Hall–Kier alpha value is -1.83. The highest BCUT2D eigenvalue weighted by Gasteiger charge is 2.21. The number of aryl methyl sites for hydroxylation is 1. The number of rotatable bonds is 3. The molecule has 0 amide bonds. The van der Waals surface area contributed by atoms with Crippen molar-refractivity contribution < 1.29 is 0 Å². The molecule has 1 aromatic heterocycles. The first kappa shape index (κ1) is 13.6. The second-order valence-corrected chi connectivity index (χ2v) is 5.37. The second-order valence-electron chi connectivity index (χ2n) is 5.37. The number of nitriles is 1. The van der Waals surface area contributed by atoms with E-state index in [2.05, 4.69) is 40.1 Å². The van der Waals surface area contributed by atoms with Gasteiger partial charge in [0.15, 0.2) is 0 Å². The van der Waals surface area contributed by atoms with Gasteiger partial charge in [-0.2, -0.15) is 5.26 Å². The summed E-state index contributed by atoms with van der Waals surface area (Å²) in [6.45, 7) is 7.82. The van der Waals surface area contributed by atoms with Crippen LogP contribution in [0.4, 0.5) is 11.6 Å².